The molecular formula is C21H20N4O3S. The van der Waals surface area contributed by atoms with E-state index in [1.54, 1.807) is 38.3 Å². The van der Waals surface area contributed by atoms with Crippen LogP contribution in [0.5, 0.6) is 5.75 Å². The SMILES string of the molecule is COc1ccc(NC(=O)Cn2c(C)nc3c(sc4nc(C)cc(C)c43)c2=O)cc1. The Bertz CT molecular complexity index is 1310. The van der Waals surface area contributed by atoms with Gasteiger partial charge in [-0.3, -0.25) is 14.2 Å². The molecule has 7 nitrogen and oxygen atoms in total. The van der Waals surface area contributed by atoms with Crippen molar-refractivity contribution in [1.82, 2.24) is 14.5 Å². The molecule has 0 radical (unpaired) electrons. The van der Waals surface area contributed by atoms with Crippen LogP contribution in [0.2, 0.25) is 0 Å². The number of aromatic nitrogens is 3. The van der Waals surface area contributed by atoms with Gasteiger partial charge in [-0.2, -0.15) is 0 Å². The fourth-order valence-electron chi connectivity index (χ4n) is 3.37. The van der Waals surface area contributed by atoms with Crippen LogP contribution in [-0.4, -0.2) is 27.6 Å². The number of aryl methyl sites for hydroxylation is 3. The molecule has 3 aromatic heterocycles. The van der Waals surface area contributed by atoms with Gasteiger partial charge in [-0.25, -0.2) is 9.97 Å². The number of fused-ring (bicyclic) bond motifs is 3. The van der Waals surface area contributed by atoms with Gasteiger partial charge < -0.3 is 10.1 Å². The summed E-state index contributed by atoms with van der Waals surface area (Å²) in [5, 5.41) is 3.70. The first-order valence-electron chi connectivity index (χ1n) is 9.09. The number of benzene rings is 1. The number of nitrogens with one attached hydrogen (secondary N) is 1. The molecule has 148 valence electrons. The topological polar surface area (TPSA) is 86.1 Å². The average molecular weight is 408 g/mol. The maximum atomic E-state index is 13.1. The number of thiophene rings is 1. The Morgan fingerprint density at radius 2 is 1.90 bits per heavy atom. The zero-order valence-electron chi connectivity index (χ0n) is 16.6. The molecule has 0 saturated heterocycles. The molecule has 0 bridgehead atoms. The van der Waals surface area contributed by atoms with Gasteiger partial charge in [0.2, 0.25) is 5.91 Å². The van der Waals surface area contributed by atoms with Crippen LogP contribution in [0, 0.1) is 20.8 Å². The quantitative estimate of drug-likeness (QED) is 0.558. The molecular weight excluding hydrogens is 388 g/mol. The summed E-state index contributed by atoms with van der Waals surface area (Å²) in [4.78, 5) is 35.6. The van der Waals surface area contributed by atoms with Crippen molar-refractivity contribution in [1.29, 1.82) is 0 Å². The summed E-state index contributed by atoms with van der Waals surface area (Å²) in [7, 11) is 1.58. The van der Waals surface area contributed by atoms with E-state index in [0.717, 1.165) is 21.5 Å². The number of anilines is 1. The van der Waals surface area contributed by atoms with Crippen LogP contribution in [-0.2, 0) is 11.3 Å². The minimum absolute atomic E-state index is 0.112. The Balaban J connectivity index is 1.70. The predicted octanol–water partition coefficient (Wildman–Crippen LogP) is 3.58. The number of carbonyl (C=O) groups excluding carboxylic acids is 1. The highest BCUT2D eigenvalue weighted by Crippen LogP contribution is 2.32. The number of ether oxygens (including phenoxy) is 1. The van der Waals surface area contributed by atoms with Crippen LogP contribution >= 0.6 is 11.3 Å². The standard InChI is InChI=1S/C21H20N4O3S/c1-11-9-12(2)22-20-17(11)18-19(29-20)21(27)25(13(3)23-18)10-16(26)24-14-5-7-15(28-4)8-6-14/h5-9H,10H2,1-4H3,(H,24,26). The molecule has 0 aliphatic carbocycles. The first-order chi connectivity index (χ1) is 13.9. The summed E-state index contributed by atoms with van der Waals surface area (Å²) in [6, 6.07) is 9.00. The lowest BCUT2D eigenvalue weighted by molar-refractivity contribution is -0.116. The van der Waals surface area contributed by atoms with Crippen LogP contribution in [0.4, 0.5) is 5.69 Å². The van der Waals surface area contributed by atoms with Crippen molar-refractivity contribution in [2.45, 2.75) is 27.3 Å². The highest BCUT2D eigenvalue weighted by molar-refractivity contribution is 7.25. The Labute approximate surface area is 171 Å². The van der Waals surface area contributed by atoms with Gasteiger partial charge in [0.15, 0.2) is 0 Å². The minimum Gasteiger partial charge on any atom is -0.497 e. The molecule has 4 aromatic rings. The zero-order chi connectivity index (χ0) is 20.7. The summed E-state index contributed by atoms with van der Waals surface area (Å²) in [6.45, 7) is 5.55. The van der Waals surface area contributed by atoms with Gasteiger partial charge in [0, 0.05) is 16.8 Å². The molecule has 1 amide bonds. The largest absolute Gasteiger partial charge is 0.497 e. The van der Waals surface area contributed by atoms with E-state index in [0.29, 0.717) is 27.5 Å². The number of methoxy groups -OCH3 is 1. The first kappa shape index (κ1) is 19.1. The number of hydrogen-bond acceptors (Lipinski definition) is 6. The molecule has 29 heavy (non-hydrogen) atoms. The molecule has 1 N–H and O–H groups in total. The summed E-state index contributed by atoms with van der Waals surface area (Å²) in [5.74, 6) is 0.897. The number of amides is 1. The van der Waals surface area contributed by atoms with Crippen molar-refractivity contribution in [2.24, 2.45) is 0 Å². The van der Waals surface area contributed by atoms with Crippen molar-refractivity contribution in [2.75, 3.05) is 12.4 Å². The summed E-state index contributed by atoms with van der Waals surface area (Å²) >= 11 is 1.32. The zero-order valence-corrected chi connectivity index (χ0v) is 17.4. The number of pyridine rings is 1. The molecule has 0 saturated carbocycles. The number of carbonyl (C=O) groups is 1. The van der Waals surface area contributed by atoms with Gasteiger partial charge in [-0.15, -0.1) is 11.3 Å². The second kappa shape index (κ2) is 7.29. The molecule has 0 fully saturated rings. The minimum atomic E-state index is -0.298. The van der Waals surface area contributed by atoms with Crippen molar-refractivity contribution in [3.63, 3.8) is 0 Å². The van der Waals surface area contributed by atoms with Gasteiger partial charge in [-0.05, 0) is 56.7 Å². The maximum absolute atomic E-state index is 13.1. The predicted molar refractivity (Wildman–Crippen MR) is 115 cm³/mol. The van der Waals surface area contributed by atoms with Gasteiger partial charge in [-0.1, -0.05) is 0 Å². The Kier molecular flexibility index (Phi) is 4.79. The van der Waals surface area contributed by atoms with E-state index in [9.17, 15) is 9.59 Å². The number of hydrogen-bond donors (Lipinski definition) is 1. The van der Waals surface area contributed by atoms with Gasteiger partial charge in [0.1, 0.15) is 27.6 Å². The second-order valence-corrected chi connectivity index (χ2v) is 7.87. The van der Waals surface area contributed by atoms with Crippen LogP contribution in [0.1, 0.15) is 17.1 Å². The van der Waals surface area contributed by atoms with E-state index in [1.165, 1.54) is 15.9 Å². The fraction of sp³-hybridized carbons (Fsp3) is 0.238. The first-order valence-corrected chi connectivity index (χ1v) is 9.91. The number of nitrogens with zero attached hydrogens (tertiary/aromatic N) is 3. The van der Waals surface area contributed by atoms with E-state index in [2.05, 4.69) is 15.3 Å². The van der Waals surface area contributed by atoms with Crippen LogP contribution in [0.25, 0.3) is 20.4 Å². The Hall–Kier alpha value is -3.26. The highest BCUT2D eigenvalue weighted by Gasteiger charge is 2.18. The fourth-order valence-corrected chi connectivity index (χ4v) is 4.56. The lowest BCUT2D eigenvalue weighted by Crippen LogP contribution is -2.29. The molecule has 0 aliphatic heterocycles. The second-order valence-electron chi connectivity index (χ2n) is 6.87. The molecule has 0 unspecified atom stereocenters. The average Bonchev–Trinajstić information content (AvgIpc) is 3.04. The van der Waals surface area contributed by atoms with Crippen LogP contribution in [0.15, 0.2) is 35.1 Å². The maximum Gasteiger partial charge on any atom is 0.272 e. The van der Waals surface area contributed by atoms with Crippen LogP contribution in [0.3, 0.4) is 0 Å². The van der Waals surface area contributed by atoms with Gasteiger partial charge in [0.05, 0.1) is 12.6 Å². The molecule has 0 atom stereocenters. The summed E-state index contributed by atoms with van der Waals surface area (Å²) in [6.07, 6.45) is 0. The van der Waals surface area contributed by atoms with E-state index in [4.69, 9.17) is 4.74 Å². The van der Waals surface area contributed by atoms with E-state index in [-0.39, 0.29) is 18.0 Å². The lowest BCUT2D eigenvalue weighted by atomic mass is 10.1. The summed E-state index contributed by atoms with van der Waals surface area (Å²) in [5.41, 5.74) is 3.01. The molecule has 0 spiro atoms. The van der Waals surface area contributed by atoms with Crippen molar-refractivity contribution < 1.29 is 9.53 Å². The third kappa shape index (κ3) is 3.47. The third-order valence-corrected chi connectivity index (χ3v) is 5.80. The Morgan fingerprint density at radius 1 is 1.17 bits per heavy atom. The molecule has 3 heterocycles. The number of rotatable bonds is 4. The van der Waals surface area contributed by atoms with E-state index < -0.39 is 0 Å². The molecule has 4 rings (SSSR count). The van der Waals surface area contributed by atoms with Crippen molar-refractivity contribution >= 4 is 43.4 Å². The molecule has 8 heteroatoms. The monoisotopic (exact) mass is 408 g/mol. The molecule has 1 aromatic carbocycles. The van der Waals surface area contributed by atoms with E-state index in [1.807, 2.05) is 19.9 Å². The summed E-state index contributed by atoms with van der Waals surface area (Å²) < 4.78 is 7.03. The normalized spacial score (nSPS) is 11.2. The van der Waals surface area contributed by atoms with E-state index >= 15 is 0 Å². The highest BCUT2D eigenvalue weighted by atomic mass is 32.1. The van der Waals surface area contributed by atoms with Crippen molar-refractivity contribution in [3.8, 4) is 5.75 Å². The van der Waals surface area contributed by atoms with Crippen molar-refractivity contribution in [3.05, 3.63) is 57.8 Å². The van der Waals surface area contributed by atoms with Crippen LogP contribution < -0.4 is 15.6 Å². The lowest BCUT2D eigenvalue weighted by Gasteiger charge is -2.10. The molecule has 0 aliphatic rings. The third-order valence-electron chi connectivity index (χ3n) is 4.74. The van der Waals surface area contributed by atoms with Gasteiger partial charge in [0.25, 0.3) is 5.56 Å². The Morgan fingerprint density at radius 3 is 2.59 bits per heavy atom. The smallest absolute Gasteiger partial charge is 0.272 e. The van der Waals surface area contributed by atoms with Gasteiger partial charge >= 0.3 is 0 Å².